The van der Waals surface area contributed by atoms with Crippen LogP contribution in [0.2, 0.25) is 0 Å². The molecule has 1 spiro atoms. The van der Waals surface area contributed by atoms with E-state index in [9.17, 15) is 8.42 Å². The molecule has 6 rings (SSSR count). The van der Waals surface area contributed by atoms with Crippen molar-refractivity contribution in [3.8, 4) is 0 Å². The SMILES string of the molecule is [C-]#[N+]c1ccc2c(c1S(C)(=O)=O)CCCN2c1n[nH]c2nc(N3CCC4(CC3)CO[C@@H](C)[C@H]4N)cnc12. The van der Waals surface area contributed by atoms with E-state index in [2.05, 4.69) is 19.9 Å². The van der Waals surface area contributed by atoms with Crippen LogP contribution < -0.4 is 15.5 Å². The van der Waals surface area contributed by atoms with E-state index in [0.717, 1.165) is 50.1 Å². The molecule has 2 atom stereocenters. The molecule has 11 nitrogen and oxygen atoms in total. The normalized spacial score (nSPS) is 23.4. The third-order valence-corrected chi connectivity index (χ3v) is 9.43. The van der Waals surface area contributed by atoms with Gasteiger partial charge in [0.15, 0.2) is 26.8 Å². The lowest BCUT2D eigenvalue weighted by atomic mass is 9.73. The molecular weight excluding hydrogens is 492 g/mol. The maximum Gasteiger partial charge on any atom is 0.205 e. The Kier molecular flexibility index (Phi) is 5.63. The number of sulfone groups is 1. The highest BCUT2D eigenvalue weighted by molar-refractivity contribution is 7.91. The summed E-state index contributed by atoms with van der Waals surface area (Å²) in [4.78, 5) is 17.3. The number of nitrogens with one attached hydrogen (secondary N) is 1. The van der Waals surface area contributed by atoms with Gasteiger partial charge < -0.3 is 20.3 Å². The second kappa shape index (κ2) is 8.65. The van der Waals surface area contributed by atoms with Gasteiger partial charge in [-0.25, -0.2) is 23.2 Å². The first-order valence-electron chi connectivity index (χ1n) is 12.6. The van der Waals surface area contributed by atoms with Gasteiger partial charge in [0.1, 0.15) is 5.82 Å². The average molecular weight is 523 g/mol. The Morgan fingerprint density at radius 1 is 1.27 bits per heavy atom. The zero-order chi connectivity index (χ0) is 25.9. The number of anilines is 3. The number of benzene rings is 1. The van der Waals surface area contributed by atoms with Crippen molar-refractivity contribution in [2.75, 3.05) is 42.3 Å². The summed E-state index contributed by atoms with van der Waals surface area (Å²) in [5.41, 5.74) is 9.26. The lowest BCUT2D eigenvalue weighted by Gasteiger charge is -2.41. The number of rotatable bonds is 3. The van der Waals surface area contributed by atoms with E-state index < -0.39 is 9.84 Å². The minimum absolute atomic E-state index is 0.0359. The Hall–Kier alpha value is -3.27. The first kappa shape index (κ1) is 24.1. The number of nitrogens with zero attached hydrogens (tertiary/aromatic N) is 6. The van der Waals surface area contributed by atoms with Crippen LogP contribution in [0.5, 0.6) is 0 Å². The number of fused-ring (bicyclic) bond motifs is 2. The molecule has 0 bridgehead atoms. The Morgan fingerprint density at radius 2 is 2.05 bits per heavy atom. The zero-order valence-corrected chi connectivity index (χ0v) is 21.8. The topological polar surface area (TPSA) is 135 Å². The molecule has 194 valence electrons. The predicted octanol–water partition coefficient (Wildman–Crippen LogP) is 2.72. The molecule has 0 saturated carbocycles. The van der Waals surface area contributed by atoms with Crippen molar-refractivity contribution < 1.29 is 13.2 Å². The molecule has 0 unspecified atom stereocenters. The summed E-state index contributed by atoms with van der Waals surface area (Å²) in [5, 5.41) is 7.56. The average Bonchev–Trinajstić information content (AvgIpc) is 3.44. The summed E-state index contributed by atoms with van der Waals surface area (Å²) in [5.74, 6) is 1.39. The van der Waals surface area contributed by atoms with Crippen LogP contribution in [0.25, 0.3) is 16.0 Å². The molecule has 0 aliphatic carbocycles. The molecule has 5 heterocycles. The molecule has 1 aromatic carbocycles. The number of aromatic amines is 1. The van der Waals surface area contributed by atoms with Crippen LogP contribution in [0.1, 0.15) is 31.7 Å². The molecule has 3 N–H and O–H groups in total. The van der Waals surface area contributed by atoms with Gasteiger partial charge in [0.05, 0.1) is 30.4 Å². The summed E-state index contributed by atoms with van der Waals surface area (Å²) < 4.78 is 31.0. The first-order chi connectivity index (χ1) is 17.7. The lowest BCUT2D eigenvalue weighted by Crippen LogP contribution is -2.50. The number of hydrogen-bond acceptors (Lipinski definition) is 9. The van der Waals surface area contributed by atoms with Crippen LogP contribution >= 0.6 is 0 Å². The molecule has 37 heavy (non-hydrogen) atoms. The van der Waals surface area contributed by atoms with Gasteiger partial charge in [-0.15, -0.1) is 0 Å². The second-order valence-electron chi connectivity index (χ2n) is 10.4. The molecule has 0 amide bonds. The third-order valence-electron chi connectivity index (χ3n) is 8.23. The number of aromatic nitrogens is 4. The van der Waals surface area contributed by atoms with Gasteiger partial charge in [0, 0.05) is 43.0 Å². The van der Waals surface area contributed by atoms with Crippen LogP contribution in [0, 0.1) is 12.0 Å². The number of nitrogens with two attached hydrogens (primary N) is 1. The van der Waals surface area contributed by atoms with Crippen molar-refractivity contribution >= 4 is 44.0 Å². The number of hydrogen-bond donors (Lipinski definition) is 2. The molecule has 2 saturated heterocycles. The highest BCUT2D eigenvalue weighted by Gasteiger charge is 2.47. The van der Waals surface area contributed by atoms with Gasteiger partial charge in [-0.05, 0) is 44.2 Å². The van der Waals surface area contributed by atoms with Crippen LogP contribution in [-0.2, 0) is 21.0 Å². The van der Waals surface area contributed by atoms with Crippen molar-refractivity contribution in [2.24, 2.45) is 11.1 Å². The number of H-pyrrole nitrogens is 1. The van der Waals surface area contributed by atoms with E-state index in [1.54, 1.807) is 18.3 Å². The summed E-state index contributed by atoms with van der Waals surface area (Å²) in [6, 6.07) is 3.44. The summed E-state index contributed by atoms with van der Waals surface area (Å²) in [7, 11) is -3.57. The van der Waals surface area contributed by atoms with Crippen molar-refractivity contribution in [3.05, 3.63) is 35.3 Å². The molecule has 3 aromatic rings. The van der Waals surface area contributed by atoms with E-state index in [1.807, 2.05) is 11.8 Å². The largest absolute Gasteiger partial charge is 0.376 e. The Morgan fingerprint density at radius 3 is 2.73 bits per heavy atom. The monoisotopic (exact) mass is 522 g/mol. The molecule has 0 radical (unpaired) electrons. The molecule has 3 aliphatic rings. The van der Waals surface area contributed by atoms with E-state index in [-0.39, 0.29) is 28.1 Å². The highest BCUT2D eigenvalue weighted by atomic mass is 32.2. The van der Waals surface area contributed by atoms with Crippen molar-refractivity contribution in [1.29, 1.82) is 0 Å². The van der Waals surface area contributed by atoms with Crippen molar-refractivity contribution in [2.45, 2.75) is 49.6 Å². The van der Waals surface area contributed by atoms with Gasteiger partial charge in [-0.3, -0.25) is 5.10 Å². The summed E-state index contributed by atoms with van der Waals surface area (Å²) in [6.45, 7) is 12.5. The van der Waals surface area contributed by atoms with Crippen LogP contribution in [0.4, 0.5) is 23.0 Å². The summed E-state index contributed by atoms with van der Waals surface area (Å²) in [6.07, 6.45) is 6.24. The highest BCUT2D eigenvalue weighted by Crippen LogP contribution is 2.43. The fourth-order valence-electron chi connectivity index (χ4n) is 6.13. The molecular formula is C25H30N8O3S. The smallest absolute Gasteiger partial charge is 0.205 e. The van der Waals surface area contributed by atoms with Crippen molar-refractivity contribution in [3.63, 3.8) is 0 Å². The standard InChI is InChI=1S/C25H30N8O3S/c1-15-22(26)25(14-36-15)8-11-32(12-9-25)19-13-28-20-23(29-19)30-31-24(20)33-10-4-5-16-18(33)7-6-17(27-2)21(16)37(3,34)35/h6-7,13,15,22H,4-5,8-12,14,26H2,1,3H3,(H,29,30,31)/t15-,22+/m0/s1. The van der Waals surface area contributed by atoms with Gasteiger partial charge in [-0.1, -0.05) is 6.07 Å². The third kappa shape index (κ3) is 3.84. The first-order valence-corrected chi connectivity index (χ1v) is 14.5. The van der Waals surface area contributed by atoms with Crippen LogP contribution in [0.15, 0.2) is 23.2 Å². The fourth-order valence-corrected chi connectivity index (χ4v) is 7.28. The minimum atomic E-state index is -3.57. The van der Waals surface area contributed by atoms with Gasteiger partial charge >= 0.3 is 0 Å². The van der Waals surface area contributed by atoms with E-state index in [4.69, 9.17) is 27.0 Å². The Labute approximate surface area is 215 Å². The number of piperidine rings is 1. The predicted molar refractivity (Wildman–Crippen MR) is 140 cm³/mol. The molecule has 2 fully saturated rings. The lowest BCUT2D eigenvalue weighted by molar-refractivity contribution is 0.0974. The van der Waals surface area contributed by atoms with Crippen LogP contribution in [0.3, 0.4) is 0 Å². The van der Waals surface area contributed by atoms with Gasteiger partial charge in [0.25, 0.3) is 0 Å². The zero-order valence-electron chi connectivity index (χ0n) is 20.9. The van der Waals surface area contributed by atoms with E-state index in [1.165, 1.54) is 0 Å². The maximum atomic E-state index is 12.6. The maximum absolute atomic E-state index is 12.6. The number of ether oxygens (including phenoxy) is 1. The minimum Gasteiger partial charge on any atom is -0.376 e. The Bertz CT molecular complexity index is 1520. The Balaban J connectivity index is 1.30. The molecule has 3 aliphatic heterocycles. The van der Waals surface area contributed by atoms with E-state index in [0.29, 0.717) is 42.1 Å². The molecule has 12 heteroatoms. The second-order valence-corrected chi connectivity index (χ2v) is 12.4. The van der Waals surface area contributed by atoms with Crippen LogP contribution in [-0.4, -0.2) is 73.2 Å². The summed E-state index contributed by atoms with van der Waals surface area (Å²) >= 11 is 0. The quantitative estimate of drug-likeness (QED) is 0.498. The van der Waals surface area contributed by atoms with E-state index >= 15 is 0 Å². The molecule has 2 aromatic heterocycles. The van der Waals surface area contributed by atoms with Gasteiger partial charge in [-0.2, -0.15) is 5.10 Å². The van der Waals surface area contributed by atoms with Crippen molar-refractivity contribution in [1.82, 2.24) is 20.2 Å². The fraction of sp³-hybridized carbons (Fsp3) is 0.520. The van der Waals surface area contributed by atoms with Gasteiger partial charge in [0.2, 0.25) is 5.69 Å².